The molecular formula is C11H15N5O3S2. The maximum atomic E-state index is 11.8. The van der Waals surface area contributed by atoms with E-state index in [1.54, 1.807) is 23.1 Å². The number of thiophene rings is 1. The summed E-state index contributed by atoms with van der Waals surface area (Å²) >= 11 is 0.939. The van der Waals surface area contributed by atoms with E-state index >= 15 is 0 Å². The lowest BCUT2D eigenvalue weighted by Gasteiger charge is -2.07. The Labute approximate surface area is 125 Å². The Morgan fingerprint density at radius 2 is 2.24 bits per heavy atom. The monoisotopic (exact) mass is 329 g/mol. The van der Waals surface area contributed by atoms with Gasteiger partial charge in [0.2, 0.25) is 0 Å². The van der Waals surface area contributed by atoms with Crippen LogP contribution in [0.15, 0.2) is 23.4 Å². The van der Waals surface area contributed by atoms with Gasteiger partial charge >= 0.3 is 0 Å². The Balaban J connectivity index is 2.25. The van der Waals surface area contributed by atoms with Crippen LogP contribution in [0.5, 0.6) is 0 Å². The smallest absolute Gasteiger partial charge is 0.261 e. The van der Waals surface area contributed by atoms with Crippen molar-refractivity contribution in [3.63, 3.8) is 0 Å². The van der Waals surface area contributed by atoms with Crippen molar-refractivity contribution in [3.05, 3.63) is 23.3 Å². The van der Waals surface area contributed by atoms with Crippen LogP contribution in [0.3, 0.4) is 0 Å². The molecule has 2 aromatic heterocycles. The normalized spacial score (nSPS) is 11.5. The molecule has 1 amide bonds. The predicted molar refractivity (Wildman–Crippen MR) is 81.1 cm³/mol. The number of nitrogen functional groups attached to an aromatic ring is 1. The minimum atomic E-state index is -3.57. The molecule has 0 saturated carbocycles. The summed E-state index contributed by atoms with van der Waals surface area (Å²) in [5, 5.41) is 7.31. The van der Waals surface area contributed by atoms with Crippen LogP contribution in [0.25, 0.3) is 0 Å². The zero-order valence-electron chi connectivity index (χ0n) is 11.2. The number of nitrogens with zero attached hydrogens (tertiary/aromatic N) is 2. The van der Waals surface area contributed by atoms with Gasteiger partial charge < -0.3 is 16.8 Å². The summed E-state index contributed by atoms with van der Waals surface area (Å²) < 4.78 is 25.3. The highest BCUT2D eigenvalue weighted by atomic mass is 32.2. The molecule has 0 aliphatic rings. The van der Waals surface area contributed by atoms with Gasteiger partial charge in [-0.2, -0.15) is 5.10 Å². The molecule has 2 aromatic rings. The number of primary amides is 1. The lowest BCUT2D eigenvalue weighted by atomic mass is 10.4. The summed E-state index contributed by atoms with van der Waals surface area (Å²) in [7, 11) is -3.57. The summed E-state index contributed by atoms with van der Waals surface area (Å²) in [6, 6.07) is 1.79. The minimum absolute atomic E-state index is 0.0389. The molecule has 0 fully saturated rings. The number of anilines is 2. The first-order valence-electron chi connectivity index (χ1n) is 5.94. The number of aromatic nitrogens is 2. The number of nitrogens with one attached hydrogen (secondary N) is 1. The van der Waals surface area contributed by atoms with Gasteiger partial charge in [0.25, 0.3) is 5.91 Å². The third-order valence-corrected chi connectivity index (χ3v) is 5.15. The zero-order valence-corrected chi connectivity index (χ0v) is 12.9. The Morgan fingerprint density at radius 1 is 1.52 bits per heavy atom. The second-order valence-corrected chi connectivity index (χ2v) is 7.31. The maximum absolute atomic E-state index is 11.8. The topological polar surface area (TPSA) is 133 Å². The number of hydrogen-bond acceptors (Lipinski definition) is 7. The van der Waals surface area contributed by atoms with Gasteiger partial charge in [-0.3, -0.25) is 9.48 Å². The number of carbonyl (C=O) groups is 1. The molecule has 0 saturated heterocycles. The van der Waals surface area contributed by atoms with Crippen molar-refractivity contribution in [2.45, 2.75) is 11.4 Å². The van der Waals surface area contributed by atoms with Crippen LogP contribution in [0.1, 0.15) is 9.67 Å². The van der Waals surface area contributed by atoms with Crippen LogP contribution in [0.2, 0.25) is 0 Å². The summed E-state index contributed by atoms with van der Waals surface area (Å²) in [4.78, 5) is 11.2. The number of hydrogen-bond donors (Lipinski definition) is 3. The first-order valence-corrected chi connectivity index (χ1v) is 8.65. The fourth-order valence-electron chi connectivity index (χ4n) is 1.81. The Morgan fingerprint density at radius 3 is 2.76 bits per heavy atom. The Bertz CT molecular complexity index is 749. The van der Waals surface area contributed by atoms with Crippen molar-refractivity contribution in [1.29, 1.82) is 0 Å². The Hall–Kier alpha value is -2.07. The predicted octanol–water partition coefficient (Wildman–Crippen LogP) is 0.141. The molecule has 0 aliphatic carbocycles. The third kappa shape index (κ3) is 3.34. The van der Waals surface area contributed by atoms with E-state index in [0.717, 1.165) is 17.6 Å². The molecule has 114 valence electrons. The first-order chi connectivity index (χ1) is 9.80. The van der Waals surface area contributed by atoms with Crippen LogP contribution in [-0.2, 0) is 16.4 Å². The van der Waals surface area contributed by atoms with Gasteiger partial charge in [0.15, 0.2) is 9.84 Å². The molecule has 0 aliphatic heterocycles. The van der Waals surface area contributed by atoms with Crippen molar-refractivity contribution >= 4 is 37.8 Å². The quantitative estimate of drug-likeness (QED) is 0.690. The average molecular weight is 329 g/mol. The lowest BCUT2D eigenvalue weighted by molar-refractivity contribution is 0.100. The van der Waals surface area contributed by atoms with E-state index < -0.39 is 15.7 Å². The summed E-state index contributed by atoms with van der Waals surface area (Å²) in [5.41, 5.74) is 10.8. The maximum Gasteiger partial charge on any atom is 0.261 e. The van der Waals surface area contributed by atoms with Crippen molar-refractivity contribution in [2.75, 3.05) is 23.9 Å². The highest BCUT2D eigenvalue weighted by molar-refractivity contribution is 7.91. The highest BCUT2D eigenvalue weighted by Crippen LogP contribution is 2.38. The number of amides is 1. The standard InChI is InChI=1S/C11H15N5O3S2/c1-21(18,19)9-7(12)8(10(13)17)20-11(9)14-4-6-16-5-2-3-15-16/h2-3,5,14H,4,6,12H2,1H3,(H2,13,17). The van der Waals surface area contributed by atoms with Crippen LogP contribution < -0.4 is 16.8 Å². The lowest BCUT2D eigenvalue weighted by Crippen LogP contribution is -2.13. The molecule has 2 heterocycles. The highest BCUT2D eigenvalue weighted by Gasteiger charge is 2.25. The molecule has 0 aromatic carbocycles. The van der Waals surface area contributed by atoms with E-state index in [4.69, 9.17) is 11.5 Å². The molecule has 5 N–H and O–H groups in total. The van der Waals surface area contributed by atoms with Crippen LogP contribution in [0.4, 0.5) is 10.7 Å². The van der Waals surface area contributed by atoms with Crippen molar-refractivity contribution in [3.8, 4) is 0 Å². The van der Waals surface area contributed by atoms with Crippen molar-refractivity contribution < 1.29 is 13.2 Å². The first kappa shape index (κ1) is 15.3. The van der Waals surface area contributed by atoms with Crippen molar-refractivity contribution in [1.82, 2.24) is 9.78 Å². The van der Waals surface area contributed by atoms with Crippen LogP contribution >= 0.6 is 11.3 Å². The number of carbonyl (C=O) groups excluding carboxylic acids is 1. The number of sulfone groups is 1. The van der Waals surface area contributed by atoms with Crippen molar-refractivity contribution in [2.24, 2.45) is 5.73 Å². The van der Waals surface area contributed by atoms with Gasteiger partial charge in [0, 0.05) is 25.2 Å². The van der Waals surface area contributed by atoms with Crippen LogP contribution in [0, 0.1) is 0 Å². The molecule has 0 unspecified atom stereocenters. The third-order valence-electron chi connectivity index (χ3n) is 2.68. The van der Waals surface area contributed by atoms with Gasteiger partial charge in [-0.1, -0.05) is 0 Å². The second kappa shape index (κ2) is 5.74. The number of nitrogens with two attached hydrogens (primary N) is 2. The minimum Gasteiger partial charge on any atom is -0.396 e. The summed E-state index contributed by atoms with van der Waals surface area (Å²) in [6.45, 7) is 0.974. The molecular weight excluding hydrogens is 314 g/mol. The van der Waals surface area contributed by atoms with E-state index in [0.29, 0.717) is 18.1 Å². The fraction of sp³-hybridized carbons (Fsp3) is 0.273. The molecule has 2 rings (SSSR count). The van der Waals surface area contributed by atoms with Gasteiger partial charge in [-0.15, -0.1) is 11.3 Å². The molecule has 0 atom stereocenters. The number of rotatable bonds is 6. The fourth-order valence-corrected chi connectivity index (χ4v) is 4.26. The van der Waals surface area contributed by atoms with Gasteiger partial charge in [-0.05, 0) is 6.07 Å². The second-order valence-electron chi connectivity index (χ2n) is 4.34. The molecule has 10 heteroatoms. The summed E-state index contributed by atoms with van der Waals surface area (Å²) in [5.74, 6) is -0.748. The van der Waals surface area contributed by atoms with Crippen LogP contribution in [-0.4, -0.2) is 36.9 Å². The Kier molecular flexibility index (Phi) is 4.19. The van der Waals surface area contributed by atoms with Gasteiger partial charge in [0.05, 0.1) is 12.2 Å². The SMILES string of the molecule is CS(=O)(=O)c1c(NCCn2cccn2)sc(C(N)=O)c1N. The van der Waals surface area contributed by atoms with Gasteiger partial charge in [-0.25, -0.2) is 8.42 Å². The zero-order chi connectivity index (χ0) is 15.6. The van der Waals surface area contributed by atoms with E-state index in [2.05, 4.69) is 10.4 Å². The van der Waals surface area contributed by atoms with E-state index in [9.17, 15) is 13.2 Å². The largest absolute Gasteiger partial charge is 0.396 e. The van der Waals surface area contributed by atoms with Gasteiger partial charge in [0.1, 0.15) is 14.8 Å². The van der Waals surface area contributed by atoms with E-state index in [1.807, 2.05) is 0 Å². The average Bonchev–Trinajstić information content (AvgIpc) is 2.96. The molecule has 0 bridgehead atoms. The van der Waals surface area contributed by atoms with E-state index in [-0.39, 0.29) is 15.5 Å². The molecule has 0 spiro atoms. The molecule has 21 heavy (non-hydrogen) atoms. The molecule has 8 nitrogen and oxygen atoms in total. The molecule has 0 radical (unpaired) electrons. The summed E-state index contributed by atoms with van der Waals surface area (Å²) in [6.07, 6.45) is 4.47. The van der Waals surface area contributed by atoms with E-state index in [1.165, 1.54) is 0 Å².